The van der Waals surface area contributed by atoms with Gasteiger partial charge in [0.1, 0.15) is 6.67 Å². The molecule has 1 aromatic rings. The molecule has 0 amide bonds. The Morgan fingerprint density at radius 1 is 1.64 bits per heavy atom. The van der Waals surface area contributed by atoms with Crippen molar-refractivity contribution in [1.29, 1.82) is 0 Å². The lowest BCUT2D eigenvalue weighted by molar-refractivity contribution is 0.392. The number of halogens is 1. The van der Waals surface area contributed by atoms with Gasteiger partial charge in [-0.05, 0) is 25.5 Å². The van der Waals surface area contributed by atoms with E-state index in [0.717, 1.165) is 13.1 Å². The van der Waals surface area contributed by atoms with Gasteiger partial charge in [-0.25, -0.2) is 4.39 Å². The minimum atomic E-state index is -0.338. The number of aryl methyl sites for hydroxylation is 1. The first kappa shape index (κ1) is 9.65. The molecule has 0 aliphatic carbocycles. The standard InChI is InChI=1S/C10H16FN3/c11-4-7-14-10(3-6-13-14)9-2-1-5-12-8-9/h3,6,9,12H,1-2,4-5,7-8H2. The molecular weight excluding hydrogens is 181 g/mol. The number of rotatable bonds is 3. The van der Waals surface area contributed by atoms with Crippen LogP contribution >= 0.6 is 0 Å². The van der Waals surface area contributed by atoms with Crippen LogP contribution in [0.15, 0.2) is 12.3 Å². The van der Waals surface area contributed by atoms with Crippen molar-refractivity contribution >= 4 is 0 Å². The minimum absolute atomic E-state index is 0.338. The van der Waals surface area contributed by atoms with E-state index in [0.29, 0.717) is 12.5 Å². The molecule has 1 aromatic heterocycles. The molecule has 0 spiro atoms. The fourth-order valence-electron chi connectivity index (χ4n) is 2.06. The highest BCUT2D eigenvalue weighted by molar-refractivity contribution is 5.09. The maximum absolute atomic E-state index is 12.2. The molecule has 0 radical (unpaired) electrons. The lowest BCUT2D eigenvalue weighted by Crippen LogP contribution is -2.29. The van der Waals surface area contributed by atoms with Gasteiger partial charge in [-0.15, -0.1) is 0 Å². The van der Waals surface area contributed by atoms with Gasteiger partial charge in [-0.2, -0.15) is 5.10 Å². The molecule has 0 bridgehead atoms. The Kier molecular flexibility index (Phi) is 3.14. The molecule has 1 aliphatic rings. The van der Waals surface area contributed by atoms with E-state index in [4.69, 9.17) is 0 Å². The molecule has 1 aliphatic heterocycles. The fraction of sp³-hybridized carbons (Fsp3) is 0.700. The van der Waals surface area contributed by atoms with Crippen LogP contribution in [0, 0.1) is 0 Å². The Balaban J connectivity index is 2.09. The molecule has 78 valence electrons. The molecule has 2 heterocycles. The molecule has 1 unspecified atom stereocenters. The summed E-state index contributed by atoms with van der Waals surface area (Å²) in [6, 6.07) is 2.01. The maximum atomic E-state index is 12.2. The first-order chi connectivity index (χ1) is 6.92. The van der Waals surface area contributed by atoms with Gasteiger partial charge in [0.2, 0.25) is 0 Å². The molecule has 1 fully saturated rings. The van der Waals surface area contributed by atoms with E-state index >= 15 is 0 Å². The molecular formula is C10H16FN3. The Labute approximate surface area is 83.3 Å². The van der Waals surface area contributed by atoms with Crippen LogP contribution in [-0.2, 0) is 6.54 Å². The molecule has 1 saturated heterocycles. The van der Waals surface area contributed by atoms with Gasteiger partial charge in [-0.3, -0.25) is 4.68 Å². The molecule has 1 N–H and O–H groups in total. The molecule has 3 nitrogen and oxygen atoms in total. The highest BCUT2D eigenvalue weighted by Crippen LogP contribution is 2.22. The van der Waals surface area contributed by atoms with Crippen molar-refractivity contribution in [2.45, 2.75) is 25.3 Å². The zero-order valence-electron chi connectivity index (χ0n) is 8.25. The molecule has 2 rings (SSSR count). The third-order valence-electron chi connectivity index (χ3n) is 2.76. The Morgan fingerprint density at radius 3 is 3.29 bits per heavy atom. The van der Waals surface area contributed by atoms with Gasteiger partial charge in [0.05, 0.1) is 6.54 Å². The second kappa shape index (κ2) is 4.55. The fourth-order valence-corrected chi connectivity index (χ4v) is 2.06. The first-order valence-electron chi connectivity index (χ1n) is 5.20. The topological polar surface area (TPSA) is 29.9 Å². The van der Waals surface area contributed by atoms with Crippen molar-refractivity contribution in [2.75, 3.05) is 19.8 Å². The van der Waals surface area contributed by atoms with Crippen LogP contribution in [0.1, 0.15) is 24.5 Å². The lowest BCUT2D eigenvalue weighted by atomic mass is 9.96. The second-order valence-corrected chi connectivity index (χ2v) is 3.71. The molecule has 0 aromatic carbocycles. The monoisotopic (exact) mass is 197 g/mol. The summed E-state index contributed by atoms with van der Waals surface area (Å²) in [6.45, 7) is 2.15. The van der Waals surface area contributed by atoms with Gasteiger partial charge >= 0.3 is 0 Å². The van der Waals surface area contributed by atoms with Crippen molar-refractivity contribution in [3.05, 3.63) is 18.0 Å². The van der Waals surface area contributed by atoms with Gasteiger partial charge in [0.25, 0.3) is 0 Å². The zero-order chi connectivity index (χ0) is 9.80. The number of nitrogens with one attached hydrogen (secondary N) is 1. The third kappa shape index (κ3) is 1.95. The Bertz CT molecular complexity index is 279. The predicted octanol–water partition coefficient (Wildman–Crippen LogP) is 1.32. The second-order valence-electron chi connectivity index (χ2n) is 3.71. The number of alkyl halides is 1. The zero-order valence-corrected chi connectivity index (χ0v) is 8.25. The summed E-state index contributed by atoms with van der Waals surface area (Å²) in [5.74, 6) is 0.512. The van der Waals surface area contributed by atoms with Crippen LogP contribution in [0.3, 0.4) is 0 Å². The lowest BCUT2D eigenvalue weighted by Gasteiger charge is -2.23. The van der Waals surface area contributed by atoms with Crippen LogP contribution in [-0.4, -0.2) is 29.5 Å². The third-order valence-corrected chi connectivity index (χ3v) is 2.76. The normalized spacial score (nSPS) is 22.5. The maximum Gasteiger partial charge on any atom is 0.109 e. The average Bonchev–Trinajstić information content (AvgIpc) is 2.68. The van der Waals surface area contributed by atoms with Gasteiger partial charge < -0.3 is 5.32 Å². The van der Waals surface area contributed by atoms with Gasteiger partial charge in [-0.1, -0.05) is 0 Å². The molecule has 4 heteroatoms. The minimum Gasteiger partial charge on any atom is -0.316 e. The summed E-state index contributed by atoms with van der Waals surface area (Å²) in [6.07, 6.45) is 4.15. The highest BCUT2D eigenvalue weighted by atomic mass is 19.1. The quantitative estimate of drug-likeness (QED) is 0.792. The predicted molar refractivity (Wildman–Crippen MR) is 53.0 cm³/mol. The van der Waals surface area contributed by atoms with E-state index in [-0.39, 0.29) is 6.67 Å². The SMILES string of the molecule is FCCn1nccc1C1CCCNC1. The van der Waals surface area contributed by atoms with E-state index in [1.54, 1.807) is 10.9 Å². The smallest absolute Gasteiger partial charge is 0.109 e. The number of hydrogen-bond acceptors (Lipinski definition) is 2. The number of nitrogens with zero attached hydrogens (tertiary/aromatic N) is 2. The summed E-state index contributed by atoms with van der Waals surface area (Å²) in [7, 11) is 0. The van der Waals surface area contributed by atoms with Crippen LogP contribution in [0.2, 0.25) is 0 Å². The largest absolute Gasteiger partial charge is 0.316 e. The van der Waals surface area contributed by atoms with E-state index in [1.165, 1.54) is 18.5 Å². The Morgan fingerprint density at radius 2 is 2.57 bits per heavy atom. The summed E-state index contributed by atoms with van der Waals surface area (Å²) in [5, 5.41) is 7.49. The van der Waals surface area contributed by atoms with Crippen molar-refractivity contribution in [2.24, 2.45) is 0 Å². The van der Waals surface area contributed by atoms with E-state index < -0.39 is 0 Å². The van der Waals surface area contributed by atoms with Crippen molar-refractivity contribution in [3.8, 4) is 0 Å². The van der Waals surface area contributed by atoms with Crippen LogP contribution < -0.4 is 5.32 Å². The average molecular weight is 197 g/mol. The van der Waals surface area contributed by atoms with Crippen LogP contribution in [0.4, 0.5) is 4.39 Å². The van der Waals surface area contributed by atoms with Crippen LogP contribution in [0.5, 0.6) is 0 Å². The first-order valence-corrected chi connectivity index (χ1v) is 5.20. The summed E-state index contributed by atoms with van der Waals surface area (Å²) >= 11 is 0. The number of piperidine rings is 1. The Hall–Kier alpha value is -0.900. The van der Waals surface area contributed by atoms with Crippen molar-refractivity contribution < 1.29 is 4.39 Å². The summed E-state index contributed by atoms with van der Waals surface area (Å²) in [4.78, 5) is 0. The number of aromatic nitrogens is 2. The summed E-state index contributed by atoms with van der Waals surface area (Å²) in [5.41, 5.74) is 1.18. The van der Waals surface area contributed by atoms with Crippen molar-refractivity contribution in [3.63, 3.8) is 0 Å². The molecule has 0 saturated carbocycles. The molecule has 14 heavy (non-hydrogen) atoms. The van der Waals surface area contributed by atoms with Gasteiger partial charge in [0, 0.05) is 24.4 Å². The van der Waals surface area contributed by atoms with E-state index in [1.807, 2.05) is 6.07 Å². The van der Waals surface area contributed by atoms with Crippen LogP contribution in [0.25, 0.3) is 0 Å². The van der Waals surface area contributed by atoms with Gasteiger partial charge in [0.15, 0.2) is 0 Å². The van der Waals surface area contributed by atoms with Crippen molar-refractivity contribution in [1.82, 2.24) is 15.1 Å². The molecule has 1 atom stereocenters. The summed E-state index contributed by atoms with van der Waals surface area (Å²) < 4.78 is 14.0. The van der Waals surface area contributed by atoms with E-state index in [2.05, 4.69) is 10.4 Å². The number of hydrogen-bond donors (Lipinski definition) is 1. The highest BCUT2D eigenvalue weighted by Gasteiger charge is 2.18. The van der Waals surface area contributed by atoms with E-state index in [9.17, 15) is 4.39 Å².